The van der Waals surface area contributed by atoms with Gasteiger partial charge in [0.2, 0.25) is 0 Å². The first kappa shape index (κ1) is 34.6. The molecule has 2 aliphatic carbocycles. The molecule has 0 unspecified atom stereocenters. The predicted octanol–water partition coefficient (Wildman–Crippen LogP) is 14.0. The summed E-state index contributed by atoms with van der Waals surface area (Å²) >= 11 is 0. The molecule has 0 amide bonds. The predicted molar refractivity (Wildman–Crippen MR) is 252 cm³/mol. The van der Waals surface area contributed by atoms with E-state index in [9.17, 15) is 0 Å². The molecule has 0 aliphatic heterocycles. The van der Waals surface area contributed by atoms with E-state index in [0.29, 0.717) is 17.5 Å². The van der Waals surface area contributed by atoms with Crippen LogP contribution in [0.4, 0.5) is 0 Å². The van der Waals surface area contributed by atoms with Crippen molar-refractivity contribution >= 4 is 21.8 Å². The molecule has 0 atom stereocenters. The molecule has 62 heavy (non-hydrogen) atoms. The highest BCUT2D eigenvalue weighted by Crippen LogP contribution is 2.63. The normalized spacial score (nSPS) is 13.0. The van der Waals surface area contributed by atoms with Crippen LogP contribution < -0.4 is 0 Å². The van der Waals surface area contributed by atoms with Gasteiger partial charge in [-0.3, -0.25) is 0 Å². The molecule has 4 heteroatoms. The third-order valence-electron chi connectivity index (χ3n) is 13.1. The molecule has 9 aromatic carbocycles. The van der Waals surface area contributed by atoms with Gasteiger partial charge < -0.3 is 4.57 Å². The number of hydrogen-bond acceptors (Lipinski definition) is 3. The van der Waals surface area contributed by atoms with E-state index in [4.69, 9.17) is 15.0 Å². The SMILES string of the molecule is c1ccc(-c2nc(-c3ccccc3)nc(-c3cccc(-c4ccc(-n5c6ccccc6c6cc7c(cc65)C5(c6ccccc6-c6ccccc65)c5ccccc5-7)cc4)c3)n2)cc1. The standard InChI is InChI=1S/C58H36N4/c1-3-16-38(17-4-1)55-59-56(39-18-5-2-6-19-39)61-57(60-55)41-21-15-20-40(34-41)37-30-32-42(33-31-37)62-53-29-14-10-25-46(53)48-35-47-45-24-9-13-28-51(45)58(52(47)36-54(48)62)49-26-11-7-22-43(49)44-23-8-12-27-50(44)58/h1-36H. The zero-order chi connectivity index (χ0) is 40.8. The Labute approximate surface area is 359 Å². The number of rotatable bonds is 5. The average Bonchev–Trinajstić information content (AvgIpc) is 3.95. The highest BCUT2D eigenvalue weighted by Gasteiger charge is 2.51. The molecule has 4 nitrogen and oxygen atoms in total. The second-order valence-corrected chi connectivity index (χ2v) is 16.3. The minimum Gasteiger partial charge on any atom is -0.309 e. The Balaban J connectivity index is 0.952. The van der Waals surface area contributed by atoms with Crippen LogP contribution in [0.3, 0.4) is 0 Å². The summed E-state index contributed by atoms with van der Waals surface area (Å²) in [5.74, 6) is 1.94. The van der Waals surface area contributed by atoms with Crippen LogP contribution in [0.1, 0.15) is 22.3 Å². The molecular formula is C58H36N4. The molecule has 0 bridgehead atoms. The number of benzene rings is 9. The molecule has 0 radical (unpaired) electrons. The van der Waals surface area contributed by atoms with E-state index < -0.39 is 5.41 Å². The second-order valence-electron chi connectivity index (χ2n) is 16.3. The summed E-state index contributed by atoms with van der Waals surface area (Å²) in [6.07, 6.45) is 0. The zero-order valence-corrected chi connectivity index (χ0v) is 33.6. The molecule has 2 aromatic heterocycles. The number of aromatic nitrogens is 4. The molecule has 0 saturated carbocycles. The third-order valence-corrected chi connectivity index (χ3v) is 13.1. The van der Waals surface area contributed by atoms with Crippen LogP contribution in [-0.2, 0) is 5.41 Å². The van der Waals surface area contributed by atoms with Crippen LogP contribution in [0.25, 0.3) is 95.0 Å². The Hall–Kier alpha value is -8.21. The molecule has 0 N–H and O–H groups in total. The van der Waals surface area contributed by atoms with Crippen LogP contribution in [0, 0.1) is 0 Å². The Bertz CT molecular complexity index is 3460. The lowest BCUT2D eigenvalue weighted by molar-refractivity contribution is 0.794. The summed E-state index contributed by atoms with van der Waals surface area (Å²) in [4.78, 5) is 14.9. The number of fused-ring (bicyclic) bond motifs is 13. The van der Waals surface area contributed by atoms with Gasteiger partial charge in [-0.15, -0.1) is 0 Å². The maximum atomic E-state index is 5.00. The fourth-order valence-electron chi connectivity index (χ4n) is 10.4. The number of nitrogens with zero attached hydrogens (tertiary/aromatic N) is 4. The van der Waals surface area contributed by atoms with Gasteiger partial charge in [0.15, 0.2) is 17.5 Å². The van der Waals surface area contributed by atoms with Crippen molar-refractivity contribution in [2.45, 2.75) is 5.41 Å². The molecule has 2 heterocycles. The van der Waals surface area contributed by atoms with Crippen LogP contribution in [-0.4, -0.2) is 19.5 Å². The fourth-order valence-corrected chi connectivity index (χ4v) is 10.4. The first-order valence-corrected chi connectivity index (χ1v) is 21.2. The highest BCUT2D eigenvalue weighted by molar-refractivity contribution is 6.12. The summed E-state index contributed by atoms with van der Waals surface area (Å²) in [6, 6.07) is 78.7. The lowest BCUT2D eigenvalue weighted by atomic mass is 9.70. The Morgan fingerprint density at radius 2 is 0.774 bits per heavy atom. The van der Waals surface area contributed by atoms with Crippen molar-refractivity contribution in [3.05, 3.63) is 241 Å². The van der Waals surface area contributed by atoms with Crippen molar-refractivity contribution in [1.82, 2.24) is 19.5 Å². The van der Waals surface area contributed by atoms with Gasteiger partial charge in [0, 0.05) is 33.2 Å². The molecule has 11 aromatic rings. The summed E-state index contributed by atoms with van der Waals surface area (Å²) < 4.78 is 2.45. The van der Waals surface area contributed by atoms with Crippen LogP contribution in [0.5, 0.6) is 0 Å². The molecule has 0 fully saturated rings. The van der Waals surface area contributed by atoms with Gasteiger partial charge in [-0.1, -0.05) is 182 Å². The lowest BCUT2D eigenvalue weighted by Gasteiger charge is -2.30. The Kier molecular flexibility index (Phi) is 7.49. The van der Waals surface area contributed by atoms with Gasteiger partial charge in [-0.05, 0) is 92.0 Å². The maximum absolute atomic E-state index is 5.00. The molecule has 1 spiro atoms. The molecule has 288 valence electrons. The smallest absolute Gasteiger partial charge is 0.164 e. The van der Waals surface area contributed by atoms with Crippen molar-refractivity contribution in [3.8, 4) is 73.2 Å². The molecule has 13 rings (SSSR count). The topological polar surface area (TPSA) is 43.6 Å². The monoisotopic (exact) mass is 788 g/mol. The zero-order valence-electron chi connectivity index (χ0n) is 33.6. The third kappa shape index (κ3) is 4.98. The van der Waals surface area contributed by atoms with E-state index in [-0.39, 0.29) is 0 Å². The largest absolute Gasteiger partial charge is 0.309 e. The van der Waals surface area contributed by atoms with Crippen molar-refractivity contribution < 1.29 is 0 Å². The highest BCUT2D eigenvalue weighted by atomic mass is 15.0. The summed E-state index contributed by atoms with van der Waals surface area (Å²) in [5, 5.41) is 2.50. The van der Waals surface area contributed by atoms with Gasteiger partial charge in [-0.25, -0.2) is 15.0 Å². The van der Waals surface area contributed by atoms with Crippen LogP contribution in [0.2, 0.25) is 0 Å². The van der Waals surface area contributed by atoms with Crippen molar-refractivity contribution in [2.75, 3.05) is 0 Å². The average molecular weight is 789 g/mol. The van der Waals surface area contributed by atoms with E-state index in [1.165, 1.54) is 66.3 Å². The quantitative estimate of drug-likeness (QED) is 0.174. The first-order chi connectivity index (χ1) is 30.7. The number of hydrogen-bond donors (Lipinski definition) is 0. The van der Waals surface area contributed by atoms with Crippen LogP contribution >= 0.6 is 0 Å². The Morgan fingerprint density at radius 3 is 1.39 bits per heavy atom. The Morgan fingerprint density at radius 1 is 0.290 bits per heavy atom. The summed E-state index contributed by atoms with van der Waals surface area (Å²) in [6.45, 7) is 0. The van der Waals surface area contributed by atoms with Gasteiger partial charge in [0.1, 0.15) is 0 Å². The van der Waals surface area contributed by atoms with Crippen LogP contribution in [0.15, 0.2) is 218 Å². The van der Waals surface area contributed by atoms with E-state index in [1.807, 2.05) is 60.7 Å². The fraction of sp³-hybridized carbons (Fsp3) is 0.0172. The maximum Gasteiger partial charge on any atom is 0.164 e. The molecular weight excluding hydrogens is 753 g/mol. The van der Waals surface area contributed by atoms with E-state index in [2.05, 4.69) is 162 Å². The minimum absolute atomic E-state index is 0.411. The lowest BCUT2D eigenvalue weighted by Crippen LogP contribution is -2.25. The van der Waals surface area contributed by atoms with Crippen molar-refractivity contribution in [3.63, 3.8) is 0 Å². The first-order valence-electron chi connectivity index (χ1n) is 21.2. The van der Waals surface area contributed by atoms with E-state index in [1.54, 1.807) is 0 Å². The minimum atomic E-state index is -0.411. The van der Waals surface area contributed by atoms with E-state index in [0.717, 1.165) is 33.5 Å². The van der Waals surface area contributed by atoms with E-state index >= 15 is 0 Å². The van der Waals surface area contributed by atoms with Gasteiger partial charge in [0.25, 0.3) is 0 Å². The van der Waals surface area contributed by atoms with Crippen molar-refractivity contribution in [1.29, 1.82) is 0 Å². The van der Waals surface area contributed by atoms with Gasteiger partial charge >= 0.3 is 0 Å². The summed E-state index contributed by atoms with van der Waals surface area (Å²) in [7, 11) is 0. The number of para-hydroxylation sites is 1. The second kappa shape index (κ2) is 13.4. The van der Waals surface area contributed by atoms with Gasteiger partial charge in [-0.2, -0.15) is 0 Å². The van der Waals surface area contributed by atoms with Gasteiger partial charge in [0.05, 0.1) is 16.4 Å². The summed E-state index contributed by atoms with van der Waals surface area (Å²) in [5.41, 5.74) is 18.8. The van der Waals surface area contributed by atoms with Crippen molar-refractivity contribution in [2.24, 2.45) is 0 Å². The molecule has 2 aliphatic rings. The molecule has 0 saturated heterocycles.